The van der Waals surface area contributed by atoms with Crippen molar-refractivity contribution in [3.05, 3.63) is 29.8 Å². The fourth-order valence-electron chi connectivity index (χ4n) is 3.85. The second-order valence-corrected chi connectivity index (χ2v) is 10.3. The van der Waals surface area contributed by atoms with E-state index in [0.717, 1.165) is 69.6 Å². The Morgan fingerprint density at radius 3 is 2.16 bits per heavy atom. The highest BCUT2D eigenvalue weighted by molar-refractivity contribution is 7.89. The Labute approximate surface area is 189 Å². The van der Waals surface area contributed by atoms with Crippen LogP contribution in [0.3, 0.4) is 0 Å². The molecule has 0 unspecified atom stereocenters. The summed E-state index contributed by atoms with van der Waals surface area (Å²) in [6.45, 7) is 3.31. The van der Waals surface area contributed by atoms with Gasteiger partial charge in [0.1, 0.15) is 0 Å². The molecule has 1 aromatic carbocycles. The van der Waals surface area contributed by atoms with Crippen molar-refractivity contribution in [3.8, 4) is 0 Å². The monoisotopic (exact) mass is 480 g/mol. The molecule has 32 heavy (non-hydrogen) atoms. The van der Waals surface area contributed by atoms with Gasteiger partial charge in [-0.15, -0.1) is 0 Å². The summed E-state index contributed by atoms with van der Waals surface area (Å²) in [6.07, 6.45) is 0.521. The van der Waals surface area contributed by atoms with E-state index in [-0.39, 0.29) is 17.0 Å². The van der Waals surface area contributed by atoms with E-state index >= 15 is 0 Å². The first-order valence-corrected chi connectivity index (χ1v) is 12.4. The predicted molar refractivity (Wildman–Crippen MR) is 117 cm³/mol. The molecule has 0 spiro atoms. The summed E-state index contributed by atoms with van der Waals surface area (Å²) in [6, 6.07) is 3.48. The fourth-order valence-corrected chi connectivity index (χ4v) is 5.26. The van der Waals surface area contributed by atoms with Crippen LogP contribution in [0.5, 0.6) is 0 Å². The van der Waals surface area contributed by atoms with E-state index in [1.807, 2.05) is 0 Å². The zero-order valence-electron chi connectivity index (χ0n) is 19.1. The Balaban J connectivity index is 1.75. The molecule has 0 atom stereocenters. The van der Waals surface area contributed by atoms with Crippen molar-refractivity contribution in [2.45, 2.75) is 61.7 Å². The van der Waals surface area contributed by atoms with Gasteiger partial charge in [0, 0.05) is 33.4 Å². The van der Waals surface area contributed by atoms with Crippen LogP contribution in [0.25, 0.3) is 0 Å². The van der Waals surface area contributed by atoms with E-state index < -0.39 is 21.8 Å². The third-order valence-corrected chi connectivity index (χ3v) is 7.91. The Kier molecular flexibility index (Phi) is 10.4. The van der Waals surface area contributed by atoms with Gasteiger partial charge in [-0.3, -0.25) is 0 Å². The van der Waals surface area contributed by atoms with Crippen LogP contribution >= 0.6 is 0 Å². The Morgan fingerprint density at radius 1 is 0.969 bits per heavy atom. The third kappa shape index (κ3) is 7.98. The molecule has 1 aliphatic rings. The van der Waals surface area contributed by atoms with Crippen LogP contribution in [0.15, 0.2) is 29.2 Å². The van der Waals surface area contributed by atoms with E-state index in [1.54, 1.807) is 7.11 Å². The summed E-state index contributed by atoms with van der Waals surface area (Å²) in [5.74, 6) is 0. The number of ether oxygens (including phenoxy) is 2. The summed E-state index contributed by atoms with van der Waals surface area (Å²) in [4.78, 5) is 2.10. The molecule has 0 saturated heterocycles. The number of halogens is 3. The smallest absolute Gasteiger partial charge is 0.383 e. The summed E-state index contributed by atoms with van der Waals surface area (Å²) in [7, 11) is 1.41. The van der Waals surface area contributed by atoms with Crippen molar-refractivity contribution >= 4 is 10.0 Å². The lowest BCUT2D eigenvalue weighted by atomic mass is 9.93. The lowest BCUT2D eigenvalue weighted by molar-refractivity contribution is -0.137. The van der Waals surface area contributed by atoms with Crippen LogP contribution < -0.4 is 0 Å². The van der Waals surface area contributed by atoms with E-state index in [9.17, 15) is 21.6 Å². The van der Waals surface area contributed by atoms with Crippen LogP contribution in [0, 0.1) is 0 Å². The van der Waals surface area contributed by atoms with E-state index in [1.165, 1.54) is 11.4 Å². The molecule has 10 heteroatoms. The Morgan fingerprint density at radius 2 is 1.59 bits per heavy atom. The standard InChI is InChI=1S/C22H35F3N2O4S/c1-26(15-17-30-3)14-4-5-16-31-20-10-8-19(9-11-20)27(2)32(28,29)21-12-6-18(7-13-21)22(23,24)25/h6-7,12-13,19-20H,4-5,8-11,14-17H2,1-3H3. The van der Waals surface area contributed by atoms with E-state index in [0.29, 0.717) is 19.4 Å². The maximum atomic E-state index is 12.8. The van der Waals surface area contributed by atoms with Gasteiger partial charge in [-0.25, -0.2) is 8.42 Å². The van der Waals surface area contributed by atoms with Crippen molar-refractivity contribution in [1.29, 1.82) is 0 Å². The van der Waals surface area contributed by atoms with Crippen LogP contribution in [-0.2, 0) is 25.7 Å². The zero-order valence-corrected chi connectivity index (χ0v) is 19.9. The van der Waals surface area contributed by atoms with Crippen LogP contribution in [-0.4, -0.2) is 77.3 Å². The van der Waals surface area contributed by atoms with Gasteiger partial charge in [0.25, 0.3) is 0 Å². The second kappa shape index (κ2) is 12.3. The van der Waals surface area contributed by atoms with Crippen molar-refractivity contribution in [2.75, 3.05) is 47.5 Å². The number of rotatable bonds is 12. The van der Waals surface area contributed by atoms with Gasteiger partial charge in [0.15, 0.2) is 0 Å². The van der Waals surface area contributed by atoms with Gasteiger partial charge in [0.05, 0.1) is 23.2 Å². The molecule has 2 rings (SSSR count). The summed E-state index contributed by atoms with van der Waals surface area (Å²) >= 11 is 0. The number of unbranched alkanes of at least 4 members (excludes halogenated alkanes) is 1. The first kappa shape index (κ1) is 27.0. The SMILES string of the molecule is COCCN(C)CCCCOC1CCC(N(C)S(=O)(=O)c2ccc(C(F)(F)F)cc2)CC1. The molecule has 0 heterocycles. The first-order valence-electron chi connectivity index (χ1n) is 11.0. The average Bonchev–Trinajstić information content (AvgIpc) is 2.77. The summed E-state index contributed by atoms with van der Waals surface area (Å²) < 4.78 is 76.2. The predicted octanol–water partition coefficient (Wildman–Crippen LogP) is 4.01. The molecule has 1 aromatic rings. The zero-order chi connectivity index (χ0) is 23.8. The van der Waals surface area contributed by atoms with Crippen molar-refractivity contribution in [2.24, 2.45) is 0 Å². The molecular formula is C22H35F3N2O4S. The Hall–Kier alpha value is -1.20. The molecule has 184 valence electrons. The molecule has 0 amide bonds. The summed E-state index contributed by atoms with van der Waals surface area (Å²) in [5.41, 5.74) is -0.863. The highest BCUT2D eigenvalue weighted by atomic mass is 32.2. The molecule has 0 radical (unpaired) electrons. The fraction of sp³-hybridized carbons (Fsp3) is 0.727. The topological polar surface area (TPSA) is 59.1 Å². The van der Waals surface area contributed by atoms with Gasteiger partial charge in [-0.2, -0.15) is 17.5 Å². The lowest BCUT2D eigenvalue weighted by Gasteiger charge is -2.34. The highest BCUT2D eigenvalue weighted by Crippen LogP contribution is 2.32. The normalized spacial score (nSPS) is 20.2. The van der Waals surface area contributed by atoms with Gasteiger partial charge in [-0.1, -0.05) is 0 Å². The number of alkyl halides is 3. The van der Waals surface area contributed by atoms with Gasteiger partial charge < -0.3 is 14.4 Å². The first-order chi connectivity index (χ1) is 15.1. The van der Waals surface area contributed by atoms with Crippen molar-refractivity contribution in [1.82, 2.24) is 9.21 Å². The number of nitrogens with zero attached hydrogens (tertiary/aromatic N) is 2. The molecule has 0 bridgehead atoms. The molecule has 0 N–H and O–H groups in total. The quantitative estimate of drug-likeness (QED) is 0.423. The minimum atomic E-state index is -4.49. The number of hydrogen-bond donors (Lipinski definition) is 0. The number of sulfonamides is 1. The van der Waals surface area contributed by atoms with E-state index in [4.69, 9.17) is 9.47 Å². The Bertz CT molecular complexity index is 779. The molecule has 6 nitrogen and oxygen atoms in total. The molecule has 1 fully saturated rings. The van der Waals surface area contributed by atoms with Crippen LogP contribution in [0.4, 0.5) is 13.2 Å². The van der Waals surface area contributed by atoms with Crippen LogP contribution in [0.2, 0.25) is 0 Å². The number of methoxy groups -OCH3 is 1. The largest absolute Gasteiger partial charge is 0.416 e. The maximum Gasteiger partial charge on any atom is 0.416 e. The molecule has 1 saturated carbocycles. The molecule has 0 aliphatic heterocycles. The maximum absolute atomic E-state index is 12.8. The molecular weight excluding hydrogens is 445 g/mol. The van der Waals surface area contributed by atoms with Gasteiger partial charge in [-0.05, 0) is 76.4 Å². The number of likely N-dealkylation sites (N-methyl/N-ethyl adjacent to an activating group) is 1. The summed E-state index contributed by atoms with van der Waals surface area (Å²) in [5, 5.41) is 0. The molecule has 0 aromatic heterocycles. The molecule has 1 aliphatic carbocycles. The average molecular weight is 481 g/mol. The lowest BCUT2D eigenvalue weighted by Crippen LogP contribution is -2.40. The van der Waals surface area contributed by atoms with E-state index in [2.05, 4.69) is 11.9 Å². The van der Waals surface area contributed by atoms with Gasteiger partial charge >= 0.3 is 6.18 Å². The van der Waals surface area contributed by atoms with Gasteiger partial charge in [0.2, 0.25) is 10.0 Å². The second-order valence-electron chi connectivity index (χ2n) is 8.35. The van der Waals surface area contributed by atoms with Crippen molar-refractivity contribution < 1.29 is 31.1 Å². The van der Waals surface area contributed by atoms with Crippen LogP contribution in [0.1, 0.15) is 44.1 Å². The third-order valence-electron chi connectivity index (χ3n) is 5.98. The highest BCUT2D eigenvalue weighted by Gasteiger charge is 2.34. The minimum Gasteiger partial charge on any atom is -0.383 e. The van der Waals surface area contributed by atoms with Crippen molar-refractivity contribution in [3.63, 3.8) is 0 Å². The number of hydrogen-bond acceptors (Lipinski definition) is 5. The minimum absolute atomic E-state index is 0.123. The number of benzene rings is 1.